The van der Waals surface area contributed by atoms with Crippen LogP contribution in [0.15, 0.2) is 18.2 Å². The van der Waals surface area contributed by atoms with Crippen LogP contribution < -0.4 is 5.32 Å². The number of hydrogen-bond donors (Lipinski definition) is 1. The minimum absolute atomic E-state index is 0.0378. The summed E-state index contributed by atoms with van der Waals surface area (Å²) in [5.74, 6) is -1.34. The van der Waals surface area contributed by atoms with Gasteiger partial charge >= 0.3 is 5.97 Å². The molecule has 0 aromatic heterocycles. The first-order chi connectivity index (χ1) is 9.47. The average molecular weight is 302 g/mol. The number of carbonyl (C=O) groups excluding carboxylic acids is 2. The summed E-state index contributed by atoms with van der Waals surface area (Å²) >= 11 is 5.83. The Morgan fingerprint density at radius 3 is 2.70 bits per heavy atom. The lowest BCUT2D eigenvalue weighted by Gasteiger charge is -2.17. The second kappa shape index (κ2) is 7.85. The van der Waals surface area contributed by atoms with Crippen molar-refractivity contribution in [3.05, 3.63) is 34.6 Å². The van der Waals surface area contributed by atoms with E-state index in [-0.39, 0.29) is 23.0 Å². The minimum Gasteiger partial charge on any atom is -0.469 e. The second-order valence-corrected chi connectivity index (χ2v) is 4.77. The molecule has 0 saturated heterocycles. The second-order valence-electron chi connectivity index (χ2n) is 4.36. The van der Waals surface area contributed by atoms with Gasteiger partial charge in [0.05, 0.1) is 24.1 Å². The van der Waals surface area contributed by atoms with E-state index < -0.39 is 17.7 Å². The molecule has 0 bridgehead atoms. The van der Waals surface area contributed by atoms with Gasteiger partial charge in [-0.05, 0) is 24.6 Å². The molecule has 0 saturated carbocycles. The molecule has 0 heterocycles. The zero-order valence-electron chi connectivity index (χ0n) is 11.4. The van der Waals surface area contributed by atoms with Gasteiger partial charge in [-0.1, -0.05) is 24.9 Å². The molecule has 0 aliphatic rings. The van der Waals surface area contributed by atoms with E-state index in [1.165, 1.54) is 13.2 Å². The molecule has 1 aromatic carbocycles. The Morgan fingerprint density at radius 1 is 1.45 bits per heavy atom. The van der Waals surface area contributed by atoms with Crippen LogP contribution in [0.3, 0.4) is 0 Å². The number of carbonyl (C=O) groups is 2. The van der Waals surface area contributed by atoms with Crippen molar-refractivity contribution in [2.75, 3.05) is 7.11 Å². The number of methoxy groups -OCH3 is 1. The maximum Gasteiger partial charge on any atom is 0.307 e. The fourth-order valence-electron chi connectivity index (χ4n) is 1.80. The molecule has 1 amide bonds. The summed E-state index contributed by atoms with van der Waals surface area (Å²) in [6.07, 6.45) is 1.54. The van der Waals surface area contributed by atoms with Crippen molar-refractivity contribution in [1.29, 1.82) is 0 Å². The SMILES string of the molecule is CCC[C@@H](CC(=O)OC)NC(=O)c1ccc(F)cc1Cl. The molecular formula is C14H17ClFNO3. The first kappa shape index (κ1) is 16.4. The smallest absolute Gasteiger partial charge is 0.307 e. The molecule has 1 N–H and O–H groups in total. The zero-order chi connectivity index (χ0) is 15.1. The zero-order valence-corrected chi connectivity index (χ0v) is 12.2. The van der Waals surface area contributed by atoms with Gasteiger partial charge in [0, 0.05) is 6.04 Å². The molecule has 0 unspecified atom stereocenters. The third-order valence-electron chi connectivity index (χ3n) is 2.79. The van der Waals surface area contributed by atoms with E-state index in [9.17, 15) is 14.0 Å². The fourth-order valence-corrected chi connectivity index (χ4v) is 2.05. The molecule has 4 nitrogen and oxygen atoms in total. The van der Waals surface area contributed by atoms with Crippen molar-refractivity contribution in [3.8, 4) is 0 Å². The first-order valence-corrected chi connectivity index (χ1v) is 6.68. The third kappa shape index (κ3) is 4.81. The van der Waals surface area contributed by atoms with Crippen molar-refractivity contribution in [2.45, 2.75) is 32.2 Å². The van der Waals surface area contributed by atoms with E-state index in [4.69, 9.17) is 11.6 Å². The predicted octanol–water partition coefficient (Wildman–Crippen LogP) is 2.94. The minimum atomic E-state index is -0.508. The van der Waals surface area contributed by atoms with Crippen LogP contribution in [0.2, 0.25) is 5.02 Å². The monoisotopic (exact) mass is 301 g/mol. The van der Waals surface area contributed by atoms with Crippen molar-refractivity contribution < 1.29 is 18.7 Å². The van der Waals surface area contributed by atoms with E-state index in [0.717, 1.165) is 18.6 Å². The summed E-state index contributed by atoms with van der Waals surface area (Å²) in [4.78, 5) is 23.3. The summed E-state index contributed by atoms with van der Waals surface area (Å²) < 4.78 is 17.5. The first-order valence-electron chi connectivity index (χ1n) is 6.30. The highest BCUT2D eigenvalue weighted by molar-refractivity contribution is 6.33. The van der Waals surface area contributed by atoms with Gasteiger partial charge in [-0.3, -0.25) is 9.59 Å². The van der Waals surface area contributed by atoms with Gasteiger partial charge in [-0.15, -0.1) is 0 Å². The maximum absolute atomic E-state index is 12.9. The molecule has 20 heavy (non-hydrogen) atoms. The Hall–Kier alpha value is -1.62. The normalized spacial score (nSPS) is 11.8. The lowest BCUT2D eigenvalue weighted by molar-refractivity contribution is -0.141. The molecule has 1 atom stereocenters. The highest BCUT2D eigenvalue weighted by Crippen LogP contribution is 2.17. The van der Waals surface area contributed by atoms with Crippen molar-refractivity contribution in [1.82, 2.24) is 5.32 Å². The molecule has 110 valence electrons. The molecule has 0 spiro atoms. The van der Waals surface area contributed by atoms with Crippen LogP contribution in [-0.4, -0.2) is 25.0 Å². The van der Waals surface area contributed by atoms with Crippen LogP contribution in [0.4, 0.5) is 4.39 Å². The number of nitrogens with one attached hydrogen (secondary N) is 1. The summed E-state index contributed by atoms with van der Waals surface area (Å²) in [5, 5.41) is 2.75. The van der Waals surface area contributed by atoms with Gasteiger partial charge in [0.15, 0.2) is 0 Å². The van der Waals surface area contributed by atoms with E-state index in [1.54, 1.807) is 0 Å². The molecule has 1 rings (SSSR count). The van der Waals surface area contributed by atoms with E-state index in [2.05, 4.69) is 10.1 Å². The van der Waals surface area contributed by atoms with Crippen molar-refractivity contribution in [3.63, 3.8) is 0 Å². The Balaban J connectivity index is 2.76. The highest BCUT2D eigenvalue weighted by Gasteiger charge is 2.18. The largest absolute Gasteiger partial charge is 0.469 e. The van der Waals surface area contributed by atoms with Crippen LogP contribution in [0.1, 0.15) is 36.5 Å². The molecule has 1 aromatic rings. The van der Waals surface area contributed by atoms with Gasteiger partial charge in [0.2, 0.25) is 0 Å². The van der Waals surface area contributed by atoms with Gasteiger partial charge in [0.1, 0.15) is 5.82 Å². The van der Waals surface area contributed by atoms with E-state index in [1.807, 2.05) is 6.92 Å². The number of rotatable bonds is 6. The van der Waals surface area contributed by atoms with Crippen LogP contribution in [0, 0.1) is 5.82 Å². The quantitative estimate of drug-likeness (QED) is 0.822. The summed E-state index contributed by atoms with van der Waals surface area (Å²) in [6.45, 7) is 1.95. The summed E-state index contributed by atoms with van der Waals surface area (Å²) in [7, 11) is 1.30. The predicted molar refractivity (Wildman–Crippen MR) is 74.2 cm³/mol. The average Bonchev–Trinajstić information content (AvgIpc) is 2.38. The van der Waals surface area contributed by atoms with Crippen molar-refractivity contribution >= 4 is 23.5 Å². The molecular weight excluding hydrogens is 285 g/mol. The van der Waals surface area contributed by atoms with Gasteiger partial charge in [0.25, 0.3) is 5.91 Å². The van der Waals surface area contributed by atoms with E-state index >= 15 is 0 Å². The van der Waals surface area contributed by atoms with Crippen molar-refractivity contribution in [2.24, 2.45) is 0 Å². The lowest BCUT2D eigenvalue weighted by atomic mass is 10.1. The van der Waals surface area contributed by atoms with Gasteiger partial charge in [-0.25, -0.2) is 4.39 Å². The topological polar surface area (TPSA) is 55.4 Å². The standard InChI is InChI=1S/C14H17ClFNO3/c1-3-4-10(8-13(18)20-2)17-14(19)11-6-5-9(16)7-12(11)15/h5-7,10H,3-4,8H2,1-2H3,(H,17,19)/t10-/m0/s1. The summed E-state index contributed by atoms with van der Waals surface area (Å²) in [5.41, 5.74) is 0.180. The fraction of sp³-hybridized carbons (Fsp3) is 0.429. The maximum atomic E-state index is 12.9. The van der Waals surface area contributed by atoms with Gasteiger partial charge < -0.3 is 10.1 Å². The number of esters is 1. The number of halogens is 2. The molecule has 6 heteroatoms. The van der Waals surface area contributed by atoms with Crippen LogP contribution in [0.5, 0.6) is 0 Å². The number of hydrogen-bond acceptors (Lipinski definition) is 3. The Labute approximate surface area is 122 Å². The number of benzene rings is 1. The Kier molecular flexibility index (Phi) is 6.45. The van der Waals surface area contributed by atoms with Crippen LogP contribution >= 0.6 is 11.6 Å². The van der Waals surface area contributed by atoms with E-state index in [0.29, 0.717) is 6.42 Å². The number of ether oxygens (including phenoxy) is 1. The van der Waals surface area contributed by atoms with Crippen LogP contribution in [-0.2, 0) is 9.53 Å². The van der Waals surface area contributed by atoms with Crippen LogP contribution in [0.25, 0.3) is 0 Å². The molecule has 0 radical (unpaired) electrons. The molecule has 0 aliphatic heterocycles. The number of amides is 1. The summed E-state index contributed by atoms with van der Waals surface area (Å²) in [6, 6.07) is 3.22. The Morgan fingerprint density at radius 2 is 2.15 bits per heavy atom. The Bertz CT molecular complexity index is 493. The highest BCUT2D eigenvalue weighted by atomic mass is 35.5. The molecule has 0 fully saturated rings. The molecule has 0 aliphatic carbocycles. The lowest BCUT2D eigenvalue weighted by Crippen LogP contribution is -2.36. The van der Waals surface area contributed by atoms with Gasteiger partial charge in [-0.2, -0.15) is 0 Å². The third-order valence-corrected chi connectivity index (χ3v) is 3.10.